The van der Waals surface area contributed by atoms with Crippen molar-refractivity contribution in [3.05, 3.63) is 42.2 Å². The van der Waals surface area contributed by atoms with E-state index in [1.807, 2.05) is 13.0 Å². The number of nitrogens with two attached hydrogens (primary N) is 1. The number of aromatic carboxylic acids is 1. The smallest absolute Gasteiger partial charge is 0.337 e. The van der Waals surface area contributed by atoms with Crippen molar-refractivity contribution in [1.29, 1.82) is 0 Å². The number of hydrogen-bond donors (Lipinski definition) is 4. The third kappa shape index (κ3) is 5.22. The van der Waals surface area contributed by atoms with Gasteiger partial charge in [0.2, 0.25) is 0 Å². The first-order valence-corrected chi connectivity index (χ1v) is 9.14. The van der Waals surface area contributed by atoms with E-state index in [1.165, 1.54) is 0 Å². The van der Waals surface area contributed by atoms with Crippen LogP contribution in [0.25, 0.3) is 21.3 Å². The number of thiazole rings is 1. The zero-order valence-corrected chi connectivity index (χ0v) is 15.8. The molecule has 3 aromatic rings. The van der Waals surface area contributed by atoms with Gasteiger partial charge in [-0.1, -0.05) is 24.3 Å². The van der Waals surface area contributed by atoms with E-state index in [-0.39, 0.29) is 11.6 Å². The molecule has 0 unspecified atom stereocenters. The number of carboxylic acids is 1. The number of pyridine rings is 1. The van der Waals surface area contributed by atoms with Gasteiger partial charge in [0.1, 0.15) is 0 Å². The van der Waals surface area contributed by atoms with Gasteiger partial charge in [-0.2, -0.15) is 0 Å². The highest BCUT2D eigenvalue weighted by Gasteiger charge is 2.16. The molecule has 0 aliphatic carbocycles. The Labute approximate surface area is 160 Å². The Morgan fingerprint density at radius 1 is 1.26 bits per heavy atom. The second-order valence-electron chi connectivity index (χ2n) is 5.33. The van der Waals surface area contributed by atoms with Gasteiger partial charge in [0.25, 0.3) is 0 Å². The van der Waals surface area contributed by atoms with Crippen LogP contribution in [0.3, 0.4) is 0 Å². The summed E-state index contributed by atoms with van der Waals surface area (Å²) in [5.41, 5.74) is 7.02. The number of aromatic nitrogens is 2. The quantitative estimate of drug-likeness (QED) is 0.544. The molecular formula is C18H21N5O3S. The lowest BCUT2D eigenvalue weighted by Crippen LogP contribution is -2.28. The maximum atomic E-state index is 11.6. The summed E-state index contributed by atoms with van der Waals surface area (Å²) in [5, 5.41) is 15.1. The van der Waals surface area contributed by atoms with Crippen molar-refractivity contribution in [2.24, 2.45) is 5.73 Å². The molecule has 3 rings (SSSR count). The molecule has 0 aliphatic heterocycles. The lowest BCUT2D eigenvalue weighted by atomic mass is 10.0. The number of carboxylic acid groups (broad SMARTS) is 1. The minimum absolute atomic E-state index is 0.146. The molecule has 0 saturated heterocycles. The van der Waals surface area contributed by atoms with Crippen LogP contribution in [0.1, 0.15) is 24.2 Å². The molecule has 0 atom stereocenters. The number of urea groups is 1. The Morgan fingerprint density at radius 2 is 2.00 bits per heavy atom. The van der Waals surface area contributed by atoms with E-state index in [2.05, 4.69) is 20.6 Å². The van der Waals surface area contributed by atoms with Gasteiger partial charge in [0.15, 0.2) is 5.13 Å². The van der Waals surface area contributed by atoms with Crippen molar-refractivity contribution in [1.82, 2.24) is 15.3 Å². The fraction of sp³-hybridized carbons (Fsp3) is 0.222. The van der Waals surface area contributed by atoms with Crippen molar-refractivity contribution in [2.45, 2.75) is 13.8 Å². The zero-order chi connectivity index (χ0) is 19.8. The molecule has 9 heteroatoms. The number of carbonyl (C=O) groups excluding carboxylic acids is 1. The van der Waals surface area contributed by atoms with Crippen LogP contribution in [-0.4, -0.2) is 40.2 Å². The topological polar surface area (TPSA) is 130 Å². The summed E-state index contributed by atoms with van der Waals surface area (Å²) in [6.07, 6.45) is 3.31. The van der Waals surface area contributed by atoms with Gasteiger partial charge in [-0.05, 0) is 37.2 Å². The average Bonchev–Trinajstić information content (AvgIpc) is 3.04. The van der Waals surface area contributed by atoms with Crippen LogP contribution in [0, 0.1) is 0 Å². The van der Waals surface area contributed by atoms with E-state index >= 15 is 0 Å². The second-order valence-corrected chi connectivity index (χ2v) is 6.33. The molecule has 2 heterocycles. The molecule has 2 amide bonds. The predicted molar refractivity (Wildman–Crippen MR) is 107 cm³/mol. The van der Waals surface area contributed by atoms with Crippen LogP contribution in [0.4, 0.5) is 9.93 Å². The van der Waals surface area contributed by atoms with Crippen molar-refractivity contribution < 1.29 is 14.7 Å². The highest BCUT2D eigenvalue weighted by molar-refractivity contribution is 7.22. The largest absolute Gasteiger partial charge is 0.478 e. The summed E-state index contributed by atoms with van der Waals surface area (Å²) in [7, 11) is 0. The van der Waals surface area contributed by atoms with Gasteiger partial charge in [-0.15, -0.1) is 0 Å². The Kier molecular flexibility index (Phi) is 7.21. The maximum absolute atomic E-state index is 11.6. The number of anilines is 1. The summed E-state index contributed by atoms with van der Waals surface area (Å²) in [6, 6.07) is 6.64. The molecule has 0 fully saturated rings. The number of fused-ring (bicyclic) bond motifs is 1. The molecule has 0 spiro atoms. The first-order chi connectivity index (χ1) is 13.0. The molecule has 8 nitrogen and oxygen atoms in total. The number of nitrogens with zero attached hydrogens (tertiary/aromatic N) is 2. The minimum Gasteiger partial charge on any atom is -0.478 e. The van der Waals surface area contributed by atoms with Crippen molar-refractivity contribution in [2.75, 3.05) is 18.4 Å². The summed E-state index contributed by atoms with van der Waals surface area (Å²) in [4.78, 5) is 31.6. The van der Waals surface area contributed by atoms with Crippen molar-refractivity contribution in [3.8, 4) is 11.1 Å². The van der Waals surface area contributed by atoms with Gasteiger partial charge < -0.3 is 16.2 Å². The maximum Gasteiger partial charge on any atom is 0.337 e. The second kappa shape index (κ2) is 9.60. The summed E-state index contributed by atoms with van der Waals surface area (Å²) in [5.74, 6) is -1.04. The first kappa shape index (κ1) is 20.3. The highest BCUT2D eigenvalue weighted by Crippen LogP contribution is 2.33. The number of amides is 2. The predicted octanol–water partition coefficient (Wildman–Crippen LogP) is 3.16. The van der Waals surface area contributed by atoms with Crippen LogP contribution >= 0.6 is 11.3 Å². The van der Waals surface area contributed by atoms with Gasteiger partial charge >= 0.3 is 12.0 Å². The molecule has 1 aromatic carbocycles. The third-order valence-corrected chi connectivity index (χ3v) is 4.29. The van der Waals surface area contributed by atoms with Gasteiger partial charge in [0, 0.05) is 24.5 Å². The number of carbonyl (C=O) groups is 2. The van der Waals surface area contributed by atoms with E-state index in [0.717, 1.165) is 23.4 Å². The monoisotopic (exact) mass is 387 g/mol. The normalized spacial score (nSPS) is 10.0. The SMILES string of the molecule is CCN.CCNC(=O)Nc1nc2cc(-c3cccnc3)cc(C(=O)O)c2s1. The van der Waals surface area contributed by atoms with E-state index in [9.17, 15) is 14.7 Å². The van der Waals surface area contributed by atoms with E-state index in [0.29, 0.717) is 27.5 Å². The minimum atomic E-state index is -1.04. The molecular weight excluding hydrogens is 366 g/mol. The number of rotatable bonds is 4. The molecule has 0 bridgehead atoms. The Bertz CT molecular complexity index is 927. The molecule has 142 valence electrons. The Balaban J connectivity index is 0.000000817. The van der Waals surface area contributed by atoms with Crippen LogP contribution in [0.2, 0.25) is 0 Å². The lowest BCUT2D eigenvalue weighted by molar-refractivity contribution is 0.0699. The van der Waals surface area contributed by atoms with Crippen LogP contribution < -0.4 is 16.4 Å². The lowest BCUT2D eigenvalue weighted by Gasteiger charge is -2.03. The van der Waals surface area contributed by atoms with Crippen LogP contribution in [0.5, 0.6) is 0 Å². The van der Waals surface area contributed by atoms with Crippen molar-refractivity contribution in [3.63, 3.8) is 0 Å². The number of benzene rings is 1. The molecule has 0 aliphatic rings. The molecule has 5 N–H and O–H groups in total. The fourth-order valence-corrected chi connectivity index (χ4v) is 3.19. The Hall–Kier alpha value is -3.04. The number of hydrogen-bond acceptors (Lipinski definition) is 6. The fourth-order valence-electron chi connectivity index (χ4n) is 2.25. The van der Waals surface area contributed by atoms with Crippen LogP contribution in [0.15, 0.2) is 36.7 Å². The highest BCUT2D eigenvalue weighted by atomic mass is 32.1. The third-order valence-electron chi connectivity index (χ3n) is 3.27. The summed E-state index contributed by atoms with van der Waals surface area (Å²) in [6.45, 7) is 4.95. The molecule has 27 heavy (non-hydrogen) atoms. The molecule has 0 radical (unpaired) electrons. The molecule has 2 aromatic heterocycles. The van der Waals surface area contributed by atoms with Gasteiger partial charge in [-0.25, -0.2) is 14.6 Å². The van der Waals surface area contributed by atoms with Gasteiger partial charge in [0.05, 0.1) is 15.8 Å². The van der Waals surface area contributed by atoms with E-state index in [4.69, 9.17) is 5.73 Å². The van der Waals surface area contributed by atoms with E-state index in [1.54, 1.807) is 37.5 Å². The number of nitrogens with one attached hydrogen (secondary N) is 2. The summed E-state index contributed by atoms with van der Waals surface area (Å²) < 4.78 is 0.516. The van der Waals surface area contributed by atoms with Crippen LogP contribution in [-0.2, 0) is 0 Å². The van der Waals surface area contributed by atoms with Crippen molar-refractivity contribution >= 4 is 38.7 Å². The van der Waals surface area contributed by atoms with Gasteiger partial charge in [-0.3, -0.25) is 10.3 Å². The standard InChI is InChI=1S/C16H14N4O3S.C2H7N/c1-2-18-15(23)20-16-19-12-7-10(9-4-3-5-17-8-9)6-11(14(21)22)13(12)24-16;1-2-3/h3-8H,2H2,1H3,(H,21,22)(H2,18,19,20,23);2-3H2,1H3. The average molecular weight is 387 g/mol. The molecule has 0 saturated carbocycles. The zero-order valence-electron chi connectivity index (χ0n) is 15.0. The van der Waals surface area contributed by atoms with E-state index < -0.39 is 5.97 Å². The summed E-state index contributed by atoms with van der Waals surface area (Å²) >= 11 is 1.13. The first-order valence-electron chi connectivity index (χ1n) is 8.33. The Morgan fingerprint density at radius 3 is 2.59 bits per heavy atom.